The largest absolute Gasteiger partial charge is 0.497 e. The molecule has 0 aliphatic carbocycles. The van der Waals surface area contributed by atoms with E-state index in [0.717, 1.165) is 16.8 Å². The summed E-state index contributed by atoms with van der Waals surface area (Å²) >= 11 is 0. The van der Waals surface area contributed by atoms with Crippen LogP contribution >= 0.6 is 0 Å². The van der Waals surface area contributed by atoms with Crippen molar-refractivity contribution in [3.05, 3.63) is 42.7 Å². The lowest BCUT2D eigenvalue weighted by atomic mass is 10.2. The minimum atomic E-state index is 0.679. The maximum atomic E-state index is 5.26. The van der Waals surface area contributed by atoms with Crippen molar-refractivity contribution in [2.75, 3.05) is 12.4 Å². The molecule has 1 aromatic carbocycles. The lowest BCUT2D eigenvalue weighted by Crippen LogP contribution is -1.90. The fourth-order valence-electron chi connectivity index (χ4n) is 1.71. The highest BCUT2D eigenvalue weighted by molar-refractivity contribution is 5.90. The molecule has 2 heterocycles. The van der Waals surface area contributed by atoms with E-state index in [-0.39, 0.29) is 0 Å². The van der Waals surface area contributed by atoms with Crippen LogP contribution in [0.1, 0.15) is 0 Å². The Labute approximate surface area is 103 Å². The molecule has 5 nitrogen and oxygen atoms in total. The quantitative estimate of drug-likeness (QED) is 0.763. The molecule has 0 atom stereocenters. The maximum absolute atomic E-state index is 5.26. The van der Waals surface area contributed by atoms with E-state index in [1.807, 2.05) is 24.3 Å². The highest BCUT2D eigenvalue weighted by atomic mass is 16.5. The van der Waals surface area contributed by atoms with Crippen molar-refractivity contribution in [2.45, 2.75) is 0 Å². The minimum Gasteiger partial charge on any atom is -0.497 e. The second-order valence-electron chi connectivity index (χ2n) is 3.75. The Kier molecular flexibility index (Phi) is 2.57. The summed E-state index contributed by atoms with van der Waals surface area (Å²) in [5.74, 6) is 1.42. The Bertz CT molecular complexity index is 664. The molecule has 90 valence electrons. The summed E-state index contributed by atoms with van der Waals surface area (Å²) in [5.41, 5.74) is 1.60. The van der Waals surface area contributed by atoms with Gasteiger partial charge in [-0.05, 0) is 24.3 Å². The van der Waals surface area contributed by atoms with Crippen LogP contribution in [0.3, 0.4) is 0 Å². The monoisotopic (exact) mass is 241 g/mol. The first-order valence-electron chi connectivity index (χ1n) is 5.47. The van der Waals surface area contributed by atoms with Gasteiger partial charge in [0.2, 0.25) is 0 Å². The summed E-state index contributed by atoms with van der Waals surface area (Å²) in [4.78, 5) is 3.96. The van der Waals surface area contributed by atoms with E-state index >= 15 is 0 Å². The molecule has 0 saturated carbocycles. The van der Waals surface area contributed by atoms with Crippen molar-refractivity contribution in [2.24, 2.45) is 0 Å². The molecular weight excluding hydrogens is 230 g/mol. The average Bonchev–Trinajstić information content (AvgIpc) is 2.82. The normalized spacial score (nSPS) is 10.5. The molecule has 0 saturated heterocycles. The molecule has 5 heteroatoms. The summed E-state index contributed by atoms with van der Waals surface area (Å²) in [6.45, 7) is 0. The third-order valence-corrected chi connectivity index (χ3v) is 2.62. The molecule has 18 heavy (non-hydrogen) atoms. The van der Waals surface area contributed by atoms with Gasteiger partial charge in [0, 0.05) is 24.1 Å². The molecule has 0 amide bonds. The van der Waals surface area contributed by atoms with Crippen LogP contribution < -0.4 is 10.1 Å². The highest BCUT2D eigenvalue weighted by Crippen LogP contribution is 2.28. The SMILES string of the molecule is COc1ccc2c(Nc3ccncc3)noc2c1. The van der Waals surface area contributed by atoms with Crippen LogP contribution in [-0.2, 0) is 0 Å². The Morgan fingerprint density at radius 3 is 2.78 bits per heavy atom. The average molecular weight is 241 g/mol. The fraction of sp³-hybridized carbons (Fsp3) is 0.0769. The topological polar surface area (TPSA) is 60.2 Å². The van der Waals surface area contributed by atoms with Crippen LogP contribution in [0.4, 0.5) is 11.5 Å². The summed E-state index contributed by atoms with van der Waals surface area (Å²) in [7, 11) is 1.62. The minimum absolute atomic E-state index is 0.679. The summed E-state index contributed by atoms with van der Waals surface area (Å²) < 4.78 is 10.4. The number of rotatable bonds is 3. The van der Waals surface area contributed by atoms with E-state index < -0.39 is 0 Å². The smallest absolute Gasteiger partial charge is 0.181 e. The third-order valence-electron chi connectivity index (χ3n) is 2.62. The van der Waals surface area contributed by atoms with Gasteiger partial charge in [0.25, 0.3) is 0 Å². The number of nitrogens with one attached hydrogen (secondary N) is 1. The number of ether oxygens (including phenoxy) is 1. The van der Waals surface area contributed by atoms with Gasteiger partial charge in [0.05, 0.1) is 12.5 Å². The third kappa shape index (κ3) is 1.86. The van der Waals surface area contributed by atoms with Crippen molar-refractivity contribution >= 4 is 22.5 Å². The number of fused-ring (bicyclic) bond motifs is 1. The van der Waals surface area contributed by atoms with Gasteiger partial charge in [0.1, 0.15) is 5.75 Å². The first kappa shape index (κ1) is 10.6. The molecular formula is C13H11N3O2. The second kappa shape index (κ2) is 4.37. The Morgan fingerprint density at radius 1 is 1.17 bits per heavy atom. The Balaban J connectivity index is 1.98. The number of pyridine rings is 1. The zero-order chi connectivity index (χ0) is 12.4. The summed E-state index contributed by atoms with van der Waals surface area (Å²) in [5, 5.41) is 8.09. The number of benzene rings is 1. The van der Waals surface area contributed by atoms with Gasteiger partial charge in [0.15, 0.2) is 11.4 Å². The second-order valence-corrected chi connectivity index (χ2v) is 3.75. The van der Waals surface area contributed by atoms with Gasteiger partial charge < -0.3 is 14.6 Å². The molecule has 0 aliphatic rings. The molecule has 3 aromatic rings. The predicted molar refractivity (Wildman–Crippen MR) is 68.1 cm³/mol. The van der Waals surface area contributed by atoms with E-state index in [0.29, 0.717) is 11.4 Å². The molecule has 0 unspecified atom stereocenters. The van der Waals surface area contributed by atoms with Gasteiger partial charge in [-0.3, -0.25) is 4.98 Å². The Hall–Kier alpha value is -2.56. The van der Waals surface area contributed by atoms with Gasteiger partial charge >= 0.3 is 0 Å². The van der Waals surface area contributed by atoms with Crippen molar-refractivity contribution in [1.82, 2.24) is 10.1 Å². The van der Waals surface area contributed by atoms with Crippen molar-refractivity contribution in [1.29, 1.82) is 0 Å². The van der Waals surface area contributed by atoms with Crippen LogP contribution in [0.15, 0.2) is 47.2 Å². The van der Waals surface area contributed by atoms with E-state index in [9.17, 15) is 0 Å². The van der Waals surface area contributed by atoms with Crippen LogP contribution in [0.5, 0.6) is 5.75 Å². The van der Waals surface area contributed by atoms with Gasteiger partial charge in [-0.15, -0.1) is 0 Å². The molecule has 0 fully saturated rings. The number of methoxy groups -OCH3 is 1. The van der Waals surface area contributed by atoms with E-state index in [2.05, 4.69) is 15.5 Å². The maximum Gasteiger partial charge on any atom is 0.181 e. The molecule has 2 aromatic heterocycles. The summed E-state index contributed by atoms with van der Waals surface area (Å²) in [6.07, 6.45) is 3.43. The van der Waals surface area contributed by atoms with Gasteiger partial charge in [-0.2, -0.15) is 0 Å². The molecule has 0 spiro atoms. The lowest BCUT2D eigenvalue weighted by Gasteiger charge is -2.01. The first-order chi connectivity index (χ1) is 8.86. The number of anilines is 2. The van der Waals surface area contributed by atoms with Crippen molar-refractivity contribution in [3.63, 3.8) is 0 Å². The van der Waals surface area contributed by atoms with Gasteiger partial charge in [-0.25, -0.2) is 0 Å². The first-order valence-corrected chi connectivity index (χ1v) is 5.47. The number of nitrogens with zero attached hydrogens (tertiary/aromatic N) is 2. The fourth-order valence-corrected chi connectivity index (χ4v) is 1.71. The van der Waals surface area contributed by atoms with Crippen molar-refractivity contribution < 1.29 is 9.26 Å². The number of hydrogen-bond acceptors (Lipinski definition) is 5. The molecule has 0 aliphatic heterocycles. The standard InChI is InChI=1S/C13H11N3O2/c1-17-10-2-3-11-12(8-10)18-16-13(11)15-9-4-6-14-7-5-9/h2-8H,1H3,(H,14,15,16). The molecule has 0 bridgehead atoms. The number of aromatic nitrogens is 2. The molecule has 1 N–H and O–H groups in total. The zero-order valence-corrected chi connectivity index (χ0v) is 9.75. The Morgan fingerprint density at radius 2 is 2.00 bits per heavy atom. The highest BCUT2D eigenvalue weighted by Gasteiger charge is 2.09. The van der Waals surface area contributed by atoms with Crippen LogP contribution in [0, 0.1) is 0 Å². The zero-order valence-electron chi connectivity index (χ0n) is 9.75. The van der Waals surface area contributed by atoms with E-state index in [4.69, 9.17) is 9.26 Å². The number of hydrogen-bond donors (Lipinski definition) is 1. The van der Waals surface area contributed by atoms with Crippen LogP contribution in [0.2, 0.25) is 0 Å². The predicted octanol–water partition coefficient (Wildman–Crippen LogP) is 2.98. The van der Waals surface area contributed by atoms with Crippen LogP contribution in [-0.4, -0.2) is 17.3 Å². The van der Waals surface area contributed by atoms with Crippen molar-refractivity contribution in [3.8, 4) is 5.75 Å². The molecule has 0 radical (unpaired) electrons. The summed E-state index contributed by atoms with van der Waals surface area (Å²) in [6, 6.07) is 9.32. The van der Waals surface area contributed by atoms with E-state index in [1.165, 1.54) is 0 Å². The van der Waals surface area contributed by atoms with Crippen LogP contribution in [0.25, 0.3) is 11.0 Å². The van der Waals surface area contributed by atoms with E-state index in [1.54, 1.807) is 25.6 Å². The van der Waals surface area contributed by atoms with Gasteiger partial charge in [-0.1, -0.05) is 5.16 Å². The molecule has 3 rings (SSSR count). The lowest BCUT2D eigenvalue weighted by molar-refractivity contribution is 0.412.